The molecule has 1 atom stereocenters. The van der Waals surface area contributed by atoms with Gasteiger partial charge in [0, 0.05) is 50.3 Å². The molecule has 1 aromatic rings. The van der Waals surface area contributed by atoms with Gasteiger partial charge in [-0.2, -0.15) is 5.10 Å². The van der Waals surface area contributed by atoms with Crippen molar-refractivity contribution in [3.05, 3.63) is 17.5 Å². The number of aromatic nitrogens is 2. The van der Waals surface area contributed by atoms with E-state index in [0.717, 1.165) is 11.4 Å². The van der Waals surface area contributed by atoms with Gasteiger partial charge in [-0.25, -0.2) is 8.78 Å². The van der Waals surface area contributed by atoms with E-state index in [1.807, 2.05) is 24.6 Å². The van der Waals surface area contributed by atoms with Gasteiger partial charge in [0.15, 0.2) is 0 Å². The number of likely N-dealkylation sites (tertiary alicyclic amines) is 2. The van der Waals surface area contributed by atoms with Crippen molar-refractivity contribution in [2.24, 2.45) is 0 Å². The van der Waals surface area contributed by atoms with Gasteiger partial charge in [0.2, 0.25) is 5.91 Å². The molecule has 0 saturated carbocycles. The predicted molar refractivity (Wildman–Crippen MR) is 83.8 cm³/mol. The van der Waals surface area contributed by atoms with Crippen molar-refractivity contribution >= 4 is 5.91 Å². The lowest BCUT2D eigenvalue weighted by Gasteiger charge is -2.45. The number of aryl methyl sites for hydroxylation is 3. The first-order valence-electron chi connectivity index (χ1n) is 8.32. The summed E-state index contributed by atoms with van der Waals surface area (Å²) in [7, 11) is 0. The molecule has 8 heteroatoms. The molecule has 2 saturated heterocycles. The van der Waals surface area contributed by atoms with E-state index < -0.39 is 12.0 Å². The van der Waals surface area contributed by atoms with Gasteiger partial charge in [-0.1, -0.05) is 0 Å². The maximum atomic E-state index is 13.5. The number of nitrogens with zero attached hydrogens (tertiary/aromatic N) is 4. The number of halogens is 2. The molecule has 3 rings (SSSR count). The van der Waals surface area contributed by atoms with Crippen LogP contribution in [0.15, 0.2) is 6.07 Å². The molecule has 1 N–H and O–H groups in total. The fourth-order valence-electron chi connectivity index (χ4n) is 3.65. The van der Waals surface area contributed by atoms with Crippen LogP contribution >= 0.6 is 0 Å². The van der Waals surface area contributed by atoms with Gasteiger partial charge in [0.1, 0.15) is 0 Å². The van der Waals surface area contributed by atoms with E-state index >= 15 is 0 Å². The van der Waals surface area contributed by atoms with Gasteiger partial charge in [-0.05, 0) is 19.9 Å². The van der Waals surface area contributed by atoms with Gasteiger partial charge in [0.25, 0.3) is 5.92 Å². The summed E-state index contributed by atoms with van der Waals surface area (Å²) < 4.78 is 28.8. The van der Waals surface area contributed by atoms with Crippen molar-refractivity contribution in [3.8, 4) is 0 Å². The SMILES string of the molecule is Cc1cc(C)n(CCC(=O)N2CC(N3CC(F)(F)C[C@H]3CO)C2)n1. The van der Waals surface area contributed by atoms with Crippen molar-refractivity contribution in [1.29, 1.82) is 0 Å². The minimum atomic E-state index is -2.74. The second kappa shape index (κ2) is 6.40. The van der Waals surface area contributed by atoms with E-state index in [9.17, 15) is 18.7 Å². The third-order valence-electron chi connectivity index (χ3n) is 4.95. The normalized spacial score (nSPS) is 24.4. The Morgan fingerprint density at radius 1 is 1.42 bits per heavy atom. The summed E-state index contributed by atoms with van der Waals surface area (Å²) >= 11 is 0. The summed E-state index contributed by atoms with van der Waals surface area (Å²) in [5.74, 6) is -2.72. The molecule has 1 aromatic heterocycles. The Balaban J connectivity index is 1.47. The topological polar surface area (TPSA) is 61.6 Å². The Morgan fingerprint density at radius 3 is 2.71 bits per heavy atom. The van der Waals surface area contributed by atoms with Crippen molar-refractivity contribution in [3.63, 3.8) is 0 Å². The van der Waals surface area contributed by atoms with E-state index in [0.29, 0.717) is 26.1 Å². The monoisotopic (exact) mass is 342 g/mol. The highest BCUT2D eigenvalue weighted by Crippen LogP contribution is 2.35. The molecule has 24 heavy (non-hydrogen) atoms. The van der Waals surface area contributed by atoms with Crippen LogP contribution in [-0.2, 0) is 11.3 Å². The van der Waals surface area contributed by atoms with Crippen LogP contribution in [0, 0.1) is 13.8 Å². The first-order valence-corrected chi connectivity index (χ1v) is 8.32. The Morgan fingerprint density at radius 2 is 2.12 bits per heavy atom. The Hall–Kier alpha value is -1.54. The second-order valence-electron chi connectivity index (χ2n) is 6.92. The number of carbonyl (C=O) groups excluding carboxylic acids is 1. The fourth-order valence-corrected chi connectivity index (χ4v) is 3.65. The van der Waals surface area contributed by atoms with Gasteiger partial charge in [-0.15, -0.1) is 0 Å². The number of aliphatic hydroxyl groups excluding tert-OH is 1. The predicted octanol–water partition coefficient (Wildman–Crippen LogP) is 0.803. The van der Waals surface area contributed by atoms with Crippen LogP contribution in [0.1, 0.15) is 24.2 Å². The maximum absolute atomic E-state index is 13.5. The highest BCUT2D eigenvalue weighted by atomic mass is 19.3. The summed E-state index contributed by atoms with van der Waals surface area (Å²) in [6.07, 6.45) is 0.0557. The summed E-state index contributed by atoms with van der Waals surface area (Å²) in [5, 5.41) is 13.6. The first-order chi connectivity index (χ1) is 11.3. The van der Waals surface area contributed by atoms with E-state index in [2.05, 4.69) is 5.10 Å². The highest BCUT2D eigenvalue weighted by molar-refractivity contribution is 5.77. The molecule has 1 amide bonds. The number of carbonyl (C=O) groups is 1. The Bertz CT molecular complexity index is 613. The molecule has 0 aliphatic carbocycles. The molecule has 0 radical (unpaired) electrons. The third-order valence-corrected chi connectivity index (χ3v) is 4.95. The molecule has 2 fully saturated rings. The Kier molecular flexibility index (Phi) is 4.61. The number of hydrogen-bond acceptors (Lipinski definition) is 4. The number of aliphatic hydroxyl groups is 1. The average Bonchev–Trinajstić information content (AvgIpc) is 2.93. The first kappa shape index (κ1) is 17.3. The molecule has 3 heterocycles. The van der Waals surface area contributed by atoms with Crippen LogP contribution < -0.4 is 0 Å². The smallest absolute Gasteiger partial charge is 0.262 e. The molecule has 0 unspecified atom stereocenters. The van der Waals surface area contributed by atoms with Gasteiger partial charge >= 0.3 is 0 Å². The number of rotatable bonds is 5. The molecule has 2 aliphatic heterocycles. The van der Waals surface area contributed by atoms with Crippen LogP contribution in [0.3, 0.4) is 0 Å². The molecular formula is C16H24F2N4O2. The molecular weight excluding hydrogens is 318 g/mol. The number of amides is 1. The van der Waals surface area contributed by atoms with E-state index in [-0.39, 0.29) is 31.5 Å². The van der Waals surface area contributed by atoms with Gasteiger partial charge in [0.05, 0.1) is 18.8 Å². The summed E-state index contributed by atoms with van der Waals surface area (Å²) in [6, 6.07) is 1.39. The third kappa shape index (κ3) is 3.44. The van der Waals surface area contributed by atoms with Crippen molar-refractivity contribution in [2.45, 2.75) is 51.2 Å². The second-order valence-corrected chi connectivity index (χ2v) is 6.92. The number of alkyl halides is 2. The zero-order chi connectivity index (χ0) is 17.5. The minimum absolute atomic E-state index is 0.0188. The van der Waals surface area contributed by atoms with E-state index in [4.69, 9.17) is 0 Å². The average molecular weight is 342 g/mol. The summed E-state index contributed by atoms with van der Waals surface area (Å²) in [6.45, 7) is 4.72. The Labute approximate surface area is 140 Å². The maximum Gasteiger partial charge on any atom is 0.262 e. The van der Waals surface area contributed by atoms with E-state index in [1.54, 1.807) is 9.80 Å². The lowest BCUT2D eigenvalue weighted by Crippen LogP contribution is -2.62. The largest absolute Gasteiger partial charge is 0.395 e. The number of hydrogen-bond donors (Lipinski definition) is 1. The van der Waals surface area contributed by atoms with Gasteiger partial charge in [-0.3, -0.25) is 14.4 Å². The van der Waals surface area contributed by atoms with Gasteiger partial charge < -0.3 is 10.0 Å². The lowest BCUT2D eigenvalue weighted by molar-refractivity contribution is -0.139. The molecule has 6 nitrogen and oxygen atoms in total. The highest BCUT2D eigenvalue weighted by Gasteiger charge is 2.49. The lowest BCUT2D eigenvalue weighted by atomic mass is 10.1. The molecule has 2 aliphatic rings. The zero-order valence-corrected chi connectivity index (χ0v) is 14.1. The molecule has 0 spiro atoms. The zero-order valence-electron chi connectivity index (χ0n) is 14.1. The summed E-state index contributed by atoms with van der Waals surface area (Å²) in [4.78, 5) is 15.6. The summed E-state index contributed by atoms with van der Waals surface area (Å²) in [5.41, 5.74) is 1.95. The molecule has 134 valence electrons. The minimum Gasteiger partial charge on any atom is -0.395 e. The fraction of sp³-hybridized carbons (Fsp3) is 0.750. The molecule has 0 aromatic carbocycles. The van der Waals surface area contributed by atoms with Crippen LogP contribution in [0.2, 0.25) is 0 Å². The quantitative estimate of drug-likeness (QED) is 0.860. The van der Waals surface area contributed by atoms with Crippen molar-refractivity contribution in [2.75, 3.05) is 26.2 Å². The van der Waals surface area contributed by atoms with Crippen LogP contribution in [0.5, 0.6) is 0 Å². The molecule has 0 bridgehead atoms. The standard InChI is InChI=1S/C16H24F2N4O2/c1-11-5-12(2)22(19-11)4-3-15(24)20-7-14(8-20)21-10-16(17,18)6-13(21)9-23/h5,13-14,23H,3-4,6-10H2,1-2H3/t13-/m0/s1. The van der Waals surface area contributed by atoms with E-state index in [1.165, 1.54) is 0 Å². The van der Waals surface area contributed by atoms with Crippen LogP contribution in [0.4, 0.5) is 8.78 Å². The van der Waals surface area contributed by atoms with Crippen LogP contribution in [0.25, 0.3) is 0 Å². The van der Waals surface area contributed by atoms with Crippen molar-refractivity contribution < 1.29 is 18.7 Å². The van der Waals surface area contributed by atoms with Crippen molar-refractivity contribution in [1.82, 2.24) is 19.6 Å². The van der Waals surface area contributed by atoms with Crippen LogP contribution in [-0.4, -0.2) is 74.8 Å².